The summed E-state index contributed by atoms with van der Waals surface area (Å²) < 4.78 is 18.1. The molecule has 6 rings (SSSR count). The summed E-state index contributed by atoms with van der Waals surface area (Å²) in [4.78, 5) is 0. The summed E-state index contributed by atoms with van der Waals surface area (Å²) in [5, 5.41) is 0. The first-order chi connectivity index (χ1) is 22.2. The molecule has 0 aromatic heterocycles. The van der Waals surface area contributed by atoms with Gasteiger partial charge >= 0.3 is 0 Å². The third-order valence-electron chi connectivity index (χ3n) is 7.43. The topological polar surface area (TPSA) is 184 Å². The van der Waals surface area contributed by atoms with Crippen molar-refractivity contribution in [2.75, 3.05) is 34.4 Å². The Morgan fingerprint density at radius 2 is 0.587 bits per heavy atom. The van der Waals surface area contributed by atoms with Gasteiger partial charge in [0.05, 0.1) is 17.1 Å². The van der Waals surface area contributed by atoms with E-state index in [9.17, 15) is 0 Å². The molecule has 12 N–H and O–H groups in total. The molecule has 0 fully saturated rings. The highest BCUT2D eigenvalue weighted by Crippen LogP contribution is 2.38. The van der Waals surface area contributed by atoms with Crippen LogP contribution in [0.4, 0.5) is 34.1 Å². The molecule has 0 amide bonds. The minimum atomic E-state index is -0.123. The quantitative estimate of drug-likeness (QED) is 0.0704. The standard InChI is InChI=1S/C37H34N6O3/c38-25-7-16-34(31(41)19-25)44-28-10-1-22(2-11-28)37(23-3-12-29(13-4-23)45-35-17-8-26(39)20-32(35)42)24-5-14-30(15-6-24)46-36-18-9-27(40)21-33(36)43/h1-21,37H,38-43H2. The lowest BCUT2D eigenvalue weighted by molar-refractivity contribution is 0.484. The zero-order valence-corrected chi connectivity index (χ0v) is 24.9. The fourth-order valence-electron chi connectivity index (χ4n) is 5.12. The summed E-state index contributed by atoms with van der Waals surface area (Å²) in [6.45, 7) is 0. The number of anilines is 6. The van der Waals surface area contributed by atoms with Crippen LogP contribution in [-0.2, 0) is 0 Å². The normalized spacial score (nSPS) is 10.9. The van der Waals surface area contributed by atoms with Gasteiger partial charge in [0, 0.05) is 23.0 Å². The molecule has 230 valence electrons. The van der Waals surface area contributed by atoms with Crippen LogP contribution in [0.2, 0.25) is 0 Å². The molecule has 0 aliphatic heterocycles. The number of hydrogen-bond donors (Lipinski definition) is 6. The lowest BCUT2D eigenvalue weighted by Gasteiger charge is -2.20. The van der Waals surface area contributed by atoms with Crippen LogP contribution in [0.25, 0.3) is 0 Å². The van der Waals surface area contributed by atoms with Crippen LogP contribution >= 0.6 is 0 Å². The summed E-state index contributed by atoms with van der Waals surface area (Å²) in [6.07, 6.45) is 0. The van der Waals surface area contributed by atoms with E-state index in [1.807, 2.05) is 72.8 Å². The zero-order chi connectivity index (χ0) is 32.2. The van der Waals surface area contributed by atoms with E-state index in [1.165, 1.54) is 0 Å². The van der Waals surface area contributed by atoms with Gasteiger partial charge in [0.25, 0.3) is 0 Å². The molecule has 0 atom stereocenters. The monoisotopic (exact) mass is 610 g/mol. The molecule has 9 heteroatoms. The minimum Gasteiger partial charge on any atom is -0.455 e. The fraction of sp³-hybridized carbons (Fsp3) is 0.0270. The molecule has 0 unspecified atom stereocenters. The fourth-order valence-corrected chi connectivity index (χ4v) is 5.12. The maximum absolute atomic E-state index is 6.10. The van der Waals surface area contributed by atoms with Gasteiger partial charge in [-0.05, 0) is 108 Å². The van der Waals surface area contributed by atoms with Gasteiger partial charge in [0.2, 0.25) is 0 Å². The molecule has 0 bridgehead atoms. The van der Waals surface area contributed by atoms with Crippen molar-refractivity contribution < 1.29 is 14.2 Å². The smallest absolute Gasteiger partial charge is 0.150 e. The van der Waals surface area contributed by atoms with Gasteiger partial charge in [0.1, 0.15) is 34.5 Å². The summed E-state index contributed by atoms with van der Waals surface area (Å²) in [7, 11) is 0. The van der Waals surface area contributed by atoms with Gasteiger partial charge in [-0.2, -0.15) is 0 Å². The molecular formula is C37H34N6O3. The molecule has 0 spiro atoms. The van der Waals surface area contributed by atoms with Gasteiger partial charge in [-0.25, -0.2) is 0 Å². The second-order valence-corrected chi connectivity index (χ2v) is 10.8. The van der Waals surface area contributed by atoms with Crippen molar-refractivity contribution in [2.45, 2.75) is 5.92 Å². The van der Waals surface area contributed by atoms with Gasteiger partial charge in [-0.3, -0.25) is 0 Å². The highest BCUT2D eigenvalue weighted by molar-refractivity contribution is 5.63. The van der Waals surface area contributed by atoms with E-state index in [-0.39, 0.29) is 5.92 Å². The van der Waals surface area contributed by atoms with E-state index >= 15 is 0 Å². The number of ether oxygens (including phenoxy) is 3. The van der Waals surface area contributed by atoms with E-state index in [0.717, 1.165) is 16.7 Å². The summed E-state index contributed by atoms with van der Waals surface area (Å²) >= 11 is 0. The van der Waals surface area contributed by atoms with Crippen LogP contribution < -0.4 is 48.6 Å². The van der Waals surface area contributed by atoms with Crippen LogP contribution in [0.3, 0.4) is 0 Å². The highest BCUT2D eigenvalue weighted by atomic mass is 16.5. The Balaban J connectivity index is 1.29. The van der Waals surface area contributed by atoms with Crippen LogP contribution in [0.1, 0.15) is 22.6 Å². The Bertz CT molecular complexity index is 1750. The molecule has 6 aromatic carbocycles. The van der Waals surface area contributed by atoms with Gasteiger partial charge in [0.15, 0.2) is 0 Å². The van der Waals surface area contributed by atoms with Crippen LogP contribution in [-0.4, -0.2) is 0 Å². The third-order valence-corrected chi connectivity index (χ3v) is 7.43. The SMILES string of the molecule is Nc1ccc(Oc2ccc(C(c3ccc(Oc4ccc(N)cc4N)cc3)c3ccc(Oc4ccc(N)cc4N)cc3)cc2)c(N)c1. The number of benzene rings is 6. The lowest BCUT2D eigenvalue weighted by Crippen LogP contribution is -2.04. The molecule has 0 aliphatic carbocycles. The third kappa shape index (κ3) is 6.68. The van der Waals surface area contributed by atoms with E-state index in [4.69, 9.17) is 48.6 Å². The number of nitrogen functional groups attached to an aromatic ring is 6. The molecule has 46 heavy (non-hydrogen) atoms. The predicted octanol–water partition coefficient (Wildman–Crippen LogP) is 7.74. The summed E-state index contributed by atoms with van der Waals surface area (Å²) in [5.74, 6) is 3.42. The number of nitrogens with two attached hydrogens (primary N) is 6. The van der Waals surface area contributed by atoms with E-state index in [2.05, 4.69) is 0 Å². The van der Waals surface area contributed by atoms with Crippen molar-refractivity contribution in [3.8, 4) is 34.5 Å². The van der Waals surface area contributed by atoms with Crippen molar-refractivity contribution in [3.05, 3.63) is 144 Å². The van der Waals surface area contributed by atoms with Crippen LogP contribution in [0.15, 0.2) is 127 Å². The van der Waals surface area contributed by atoms with Crippen molar-refractivity contribution in [2.24, 2.45) is 0 Å². The molecule has 6 aromatic rings. The Morgan fingerprint density at radius 1 is 0.326 bits per heavy atom. The maximum atomic E-state index is 6.10. The summed E-state index contributed by atoms with van der Waals surface area (Å²) in [6, 6.07) is 39.2. The zero-order valence-electron chi connectivity index (χ0n) is 24.9. The highest BCUT2D eigenvalue weighted by Gasteiger charge is 2.18. The molecule has 0 aliphatic rings. The molecule has 0 saturated carbocycles. The summed E-state index contributed by atoms with van der Waals surface area (Å²) in [5.41, 5.74) is 42.1. The van der Waals surface area contributed by atoms with Crippen molar-refractivity contribution in [1.29, 1.82) is 0 Å². The first kappa shape index (κ1) is 29.6. The number of hydrogen-bond acceptors (Lipinski definition) is 9. The lowest BCUT2D eigenvalue weighted by atomic mass is 9.85. The van der Waals surface area contributed by atoms with E-state index < -0.39 is 0 Å². The molecular weight excluding hydrogens is 576 g/mol. The second-order valence-electron chi connectivity index (χ2n) is 10.8. The maximum Gasteiger partial charge on any atom is 0.150 e. The first-order valence-corrected chi connectivity index (χ1v) is 14.5. The van der Waals surface area contributed by atoms with E-state index in [0.29, 0.717) is 68.6 Å². The largest absolute Gasteiger partial charge is 0.455 e. The molecule has 0 radical (unpaired) electrons. The molecule has 9 nitrogen and oxygen atoms in total. The van der Waals surface area contributed by atoms with Crippen molar-refractivity contribution in [1.82, 2.24) is 0 Å². The Kier molecular flexibility index (Phi) is 8.12. The minimum absolute atomic E-state index is 0.123. The van der Waals surface area contributed by atoms with Crippen molar-refractivity contribution in [3.63, 3.8) is 0 Å². The Labute approximate surface area is 266 Å². The van der Waals surface area contributed by atoms with Gasteiger partial charge < -0.3 is 48.6 Å². The second kappa shape index (κ2) is 12.6. The Morgan fingerprint density at radius 3 is 0.826 bits per heavy atom. The Hall–Kier alpha value is -6.48. The van der Waals surface area contributed by atoms with E-state index in [1.54, 1.807) is 54.6 Å². The van der Waals surface area contributed by atoms with Gasteiger partial charge in [-0.1, -0.05) is 36.4 Å². The average Bonchev–Trinajstić information content (AvgIpc) is 3.04. The number of rotatable bonds is 9. The van der Waals surface area contributed by atoms with Crippen molar-refractivity contribution >= 4 is 34.1 Å². The first-order valence-electron chi connectivity index (χ1n) is 14.5. The molecule has 0 saturated heterocycles. The van der Waals surface area contributed by atoms with Gasteiger partial charge in [-0.15, -0.1) is 0 Å². The van der Waals surface area contributed by atoms with Crippen LogP contribution in [0.5, 0.6) is 34.5 Å². The van der Waals surface area contributed by atoms with Crippen LogP contribution in [0, 0.1) is 0 Å². The average molecular weight is 611 g/mol. The molecule has 0 heterocycles. The predicted molar refractivity (Wildman–Crippen MR) is 186 cm³/mol.